The van der Waals surface area contributed by atoms with Crippen LogP contribution in [0.4, 0.5) is 13.6 Å². The predicted octanol–water partition coefficient (Wildman–Crippen LogP) is 5.43. The van der Waals surface area contributed by atoms with E-state index in [1.165, 1.54) is 17.0 Å². The zero-order valence-electron chi connectivity index (χ0n) is 32.5. The lowest BCUT2D eigenvalue weighted by Gasteiger charge is -2.36. The molecule has 16 heteroatoms. The van der Waals surface area contributed by atoms with Gasteiger partial charge in [-0.3, -0.25) is 19.1 Å². The monoisotopic (exact) mass is 799 g/mol. The maximum atomic E-state index is 14.7. The van der Waals surface area contributed by atoms with Crippen molar-refractivity contribution in [3.05, 3.63) is 41.6 Å². The van der Waals surface area contributed by atoms with Crippen LogP contribution in [0.5, 0.6) is 11.5 Å². The van der Waals surface area contributed by atoms with E-state index in [9.17, 15) is 32.2 Å². The SMILES string of the molecule is Cc1nc2ccc(OC(F)F)cc2c2c1O[C@]1(CC2)C[C@H]2C(=O)N[C@]3(C(=O)NS(=O)C4(C)CC4)C[C@H]3/C=C\CCCCC[C@H](NC(=O)OC(C)(C)C)C(=O)N2C1. The van der Waals surface area contributed by atoms with E-state index < -0.39 is 75.0 Å². The van der Waals surface area contributed by atoms with Crippen molar-refractivity contribution in [3.8, 4) is 11.5 Å². The molecule has 5 aliphatic rings. The molecule has 56 heavy (non-hydrogen) atoms. The lowest BCUT2D eigenvalue weighted by atomic mass is 9.87. The van der Waals surface area contributed by atoms with Gasteiger partial charge in [0.1, 0.15) is 51.3 Å². The molecule has 13 nitrogen and oxygen atoms in total. The smallest absolute Gasteiger partial charge is 0.408 e. The van der Waals surface area contributed by atoms with E-state index in [2.05, 4.69) is 25.1 Å². The van der Waals surface area contributed by atoms with Crippen molar-refractivity contribution in [2.45, 2.75) is 145 Å². The number of allylic oxidation sites excluding steroid dienone is 1. The van der Waals surface area contributed by atoms with Gasteiger partial charge in [-0.15, -0.1) is 0 Å². The molecule has 304 valence electrons. The van der Waals surface area contributed by atoms with Crippen LogP contribution in [0.25, 0.3) is 10.9 Å². The highest BCUT2D eigenvalue weighted by Gasteiger charge is 2.63. The molecule has 2 aliphatic carbocycles. The summed E-state index contributed by atoms with van der Waals surface area (Å²) in [7, 11) is -1.64. The van der Waals surface area contributed by atoms with Crippen LogP contribution in [-0.4, -0.2) is 84.6 Å². The second kappa shape index (κ2) is 14.9. The molecule has 3 fully saturated rings. The highest BCUT2D eigenvalue weighted by molar-refractivity contribution is 7.85. The number of amides is 4. The molecule has 0 bridgehead atoms. The van der Waals surface area contributed by atoms with Crippen LogP contribution in [0, 0.1) is 12.8 Å². The van der Waals surface area contributed by atoms with Gasteiger partial charge in [-0.2, -0.15) is 8.78 Å². The first-order valence-corrected chi connectivity index (χ1v) is 20.6. The number of alkyl carbamates (subject to hydrolysis) is 1. The molecule has 4 heterocycles. The maximum absolute atomic E-state index is 14.7. The quantitative estimate of drug-likeness (QED) is 0.323. The number of carbonyl (C=O) groups is 4. The van der Waals surface area contributed by atoms with E-state index in [0.717, 1.165) is 37.7 Å². The van der Waals surface area contributed by atoms with Crippen molar-refractivity contribution >= 4 is 45.7 Å². The van der Waals surface area contributed by atoms with Gasteiger partial charge in [-0.25, -0.2) is 14.0 Å². The second-order valence-corrected chi connectivity index (χ2v) is 18.9. The summed E-state index contributed by atoms with van der Waals surface area (Å²) in [6.45, 7) is 5.80. The van der Waals surface area contributed by atoms with Crippen molar-refractivity contribution in [2.24, 2.45) is 5.92 Å². The third-order valence-electron chi connectivity index (χ3n) is 11.6. The zero-order valence-corrected chi connectivity index (χ0v) is 33.3. The Morgan fingerprint density at radius 3 is 2.61 bits per heavy atom. The summed E-state index contributed by atoms with van der Waals surface area (Å²) in [6, 6.07) is 2.45. The zero-order chi connectivity index (χ0) is 40.2. The van der Waals surface area contributed by atoms with Gasteiger partial charge in [0.05, 0.1) is 22.5 Å². The summed E-state index contributed by atoms with van der Waals surface area (Å²) in [6.07, 6.45) is 9.02. The molecule has 4 amide bonds. The largest absolute Gasteiger partial charge is 0.483 e. The molecule has 2 aromatic rings. The normalized spacial score (nSPS) is 29.7. The van der Waals surface area contributed by atoms with E-state index in [1.807, 2.05) is 19.1 Å². The van der Waals surface area contributed by atoms with E-state index >= 15 is 0 Å². The van der Waals surface area contributed by atoms with Gasteiger partial charge < -0.3 is 29.7 Å². The summed E-state index contributed by atoms with van der Waals surface area (Å²) < 4.78 is 58.5. The first-order chi connectivity index (χ1) is 26.4. The number of hydrogen-bond acceptors (Lipinski definition) is 9. The van der Waals surface area contributed by atoms with E-state index in [-0.39, 0.29) is 24.6 Å². The van der Waals surface area contributed by atoms with Crippen LogP contribution in [-0.2, 0) is 36.5 Å². The average molecular weight is 800 g/mol. The molecule has 7 rings (SSSR count). The van der Waals surface area contributed by atoms with Crippen LogP contribution >= 0.6 is 0 Å². The number of fused-ring (bicyclic) bond motifs is 5. The second-order valence-electron chi connectivity index (χ2n) is 17.2. The molecule has 0 radical (unpaired) electrons. The van der Waals surface area contributed by atoms with Crippen molar-refractivity contribution in [3.63, 3.8) is 0 Å². The minimum absolute atomic E-state index is 0.00717. The molecule has 3 N–H and O–H groups in total. The molecule has 1 aromatic carbocycles. The Hall–Kier alpha value is -4.34. The Bertz CT molecular complexity index is 1980. The molecule has 6 atom stereocenters. The molecular formula is C40H51F2N5O8S. The Morgan fingerprint density at radius 2 is 1.89 bits per heavy atom. The topological polar surface area (TPSA) is 165 Å². The number of rotatable bonds is 6. The first-order valence-electron chi connectivity index (χ1n) is 19.5. The molecule has 2 saturated carbocycles. The Balaban J connectivity index is 1.23. The molecule has 1 spiro atoms. The number of benzene rings is 1. The predicted molar refractivity (Wildman–Crippen MR) is 203 cm³/mol. The van der Waals surface area contributed by atoms with Crippen LogP contribution in [0.3, 0.4) is 0 Å². The summed E-state index contributed by atoms with van der Waals surface area (Å²) in [5.74, 6) is -1.48. The van der Waals surface area contributed by atoms with Gasteiger partial charge >= 0.3 is 12.7 Å². The number of ether oxygens (including phenoxy) is 3. The number of pyridine rings is 1. The molecule has 1 aromatic heterocycles. The number of alkyl halides is 2. The van der Waals surface area contributed by atoms with Gasteiger partial charge in [0, 0.05) is 23.3 Å². The van der Waals surface area contributed by atoms with Gasteiger partial charge in [-0.05, 0) is 104 Å². The number of hydrogen-bond donors (Lipinski definition) is 3. The highest BCUT2D eigenvalue weighted by atomic mass is 32.2. The number of aryl methyl sites for hydroxylation is 2. The van der Waals surface area contributed by atoms with E-state index in [1.54, 1.807) is 33.8 Å². The summed E-state index contributed by atoms with van der Waals surface area (Å²) in [5.41, 5.74) is -1.35. The molecule has 3 aliphatic heterocycles. The standard InChI is InChI=1S/C40H51F2N5O8S/c1-23-31-26(27-19-25(53-35(41)42)13-14-28(27)43-23)15-16-39(54-31)21-30-32(48)45-40(34(50)46-56(52)38(5)17-18-38)20-24(40)11-9-7-6-8-10-12-29(33(49)47(30)22-39)44-36(51)55-37(2,3)4/h9,11,13-14,19,24,29-30,35H,6-8,10,12,15-18,20-22H2,1-5H3,(H,44,51)(H,45,48)(H,46,50)/b11-9-/t24-,29+,30+,39-,40-,56?/m1/s1. The highest BCUT2D eigenvalue weighted by Crippen LogP contribution is 2.49. The lowest BCUT2D eigenvalue weighted by molar-refractivity contribution is -0.141. The van der Waals surface area contributed by atoms with E-state index in [4.69, 9.17) is 9.47 Å². The third kappa shape index (κ3) is 8.21. The fraction of sp³-hybridized carbons (Fsp3) is 0.625. The average Bonchev–Trinajstić information content (AvgIpc) is 4.01. The molecular weight excluding hydrogens is 749 g/mol. The van der Waals surface area contributed by atoms with Crippen LogP contribution in [0.15, 0.2) is 30.4 Å². The summed E-state index contributed by atoms with van der Waals surface area (Å²) >= 11 is 0. The van der Waals surface area contributed by atoms with Gasteiger partial charge in [0.25, 0.3) is 5.91 Å². The molecule has 1 unspecified atom stereocenters. The van der Waals surface area contributed by atoms with E-state index in [0.29, 0.717) is 54.5 Å². The fourth-order valence-electron chi connectivity index (χ4n) is 8.18. The number of halogens is 2. The number of nitrogens with one attached hydrogen (secondary N) is 3. The van der Waals surface area contributed by atoms with Crippen molar-refractivity contribution < 1.29 is 46.4 Å². The van der Waals surface area contributed by atoms with Gasteiger partial charge in [0.2, 0.25) is 11.8 Å². The van der Waals surface area contributed by atoms with Crippen LogP contribution in [0.1, 0.15) is 103 Å². The maximum Gasteiger partial charge on any atom is 0.408 e. The van der Waals surface area contributed by atoms with Crippen LogP contribution < -0.4 is 24.8 Å². The van der Waals surface area contributed by atoms with Gasteiger partial charge in [0.15, 0.2) is 0 Å². The number of nitrogens with zero attached hydrogens (tertiary/aromatic N) is 2. The van der Waals surface area contributed by atoms with Crippen LogP contribution in [0.2, 0.25) is 0 Å². The molecule has 1 saturated heterocycles. The Labute approximate surface area is 327 Å². The van der Waals surface area contributed by atoms with Crippen molar-refractivity contribution in [1.82, 2.24) is 25.2 Å². The minimum atomic E-state index is -3.00. The third-order valence-corrected chi connectivity index (χ3v) is 13.3. The Kier molecular flexibility index (Phi) is 10.6. The summed E-state index contributed by atoms with van der Waals surface area (Å²) in [4.78, 5) is 62.5. The Morgan fingerprint density at radius 1 is 1.12 bits per heavy atom. The minimum Gasteiger partial charge on any atom is -0.483 e. The van der Waals surface area contributed by atoms with Crippen molar-refractivity contribution in [2.75, 3.05) is 6.54 Å². The van der Waals surface area contributed by atoms with Gasteiger partial charge in [-0.1, -0.05) is 25.0 Å². The summed E-state index contributed by atoms with van der Waals surface area (Å²) in [5, 5.41) is 6.37. The fourth-order valence-corrected chi connectivity index (χ4v) is 9.25. The number of aromatic nitrogens is 1. The van der Waals surface area contributed by atoms with Crippen molar-refractivity contribution in [1.29, 1.82) is 0 Å². The number of carbonyl (C=O) groups excluding carboxylic acids is 4. The first kappa shape index (κ1) is 39.9. The lowest BCUT2D eigenvalue weighted by Crippen LogP contribution is -2.58.